The van der Waals surface area contributed by atoms with Crippen LogP contribution in [-0.2, 0) is 0 Å². The van der Waals surface area contributed by atoms with E-state index in [0.29, 0.717) is 5.56 Å². The number of aromatic hydroxyl groups is 1. The Labute approximate surface area is 75.8 Å². The number of alkyl halides is 1. The van der Waals surface area contributed by atoms with Gasteiger partial charge >= 0.3 is 0 Å². The van der Waals surface area contributed by atoms with Crippen molar-refractivity contribution in [1.29, 1.82) is 0 Å². The fourth-order valence-corrected chi connectivity index (χ4v) is 0.981. The summed E-state index contributed by atoms with van der Waals surface area (Å²) in [4.78, 5) is 11.2. The quantitative estimate of drug-likeness (QED) is 0.565. The summed E-state index contributed by atoms with van der Waals surface area (Å²) >= 11 is 5.59. The number of Topliss-reactive ketones (excluding diaryl/α,β-unsaturated/α-hetero) is 1. The molecule has 0 aromatic heterocycles. The van der Waals surface area contributed by atoms with E-state index < -0.39 is 5.38 Å². The van der Waals surface area contributed by atoms with E-state index in [4.69, 9.17) is 16.7 Å². The third-order valence-corrected chi connectivity index (χ3v) is 1.71. The number of phenolic OH excluding ortho intramolecular Hbond substituents is 1. The van der Waals surface area contributed by atoms with Gasteiger partial charge in [0.05, 0.1) is 5.38 Å². The highest BCUT2D eigenvalue weighted by Crippen LogP contribution is 2.12. The summed E-state index contributed by atoms with van der Waals surface area (Å²) in [5.74, 6) is 0.0189. The largest absolute Gasteiger partial charge is 0.508 e. The van der Waals surface area contributed by atoms with Crippen molar-refractivity contribution >= 4 is 17.4 Å². The molecular weight excluding hydrogens is 176 g/mol. The molecule has 64 valence electrons. The SMILES string of the molecule is CC(Cl)C(=O)c1ccc(O)cc1. The first-order valence-electron chi connectivity index (χ1n) is 3.58. The Morgan fingerprint density at radius 3 is 2.33 bits per heavy atom. The lowest BCUT2D eigenvalue weighted by Crippen LogP contribution is -2.09. The van der Waals surface area contributed by atoms with Gasteiger partial charge in [-0.3, -0.25) is 4.79 Å². The van der Waals surface area contributed by atoms with Gasteiger partial charge in [0.25, 0.3) is 0 Å². The molecule has 0 saturated carbocycles. The standard InChI is InChI=1S/C9H9ClO2/c1-6(10)9(12)7-2-4-8(11)5-3-7/h2-6,11H,1H3. The molecule has 0 heterocycles. The zero-order chi connectivity index (χ0) is 9.14. The van der Waals surface area contributed by atoms with E-state index in [-0.39, 0.29) is 11.5 Å². The minimum atomic E-state index is -0.519. The molecule has 0 bridgehead atoms. The predicted molar refractivity (Wildman–Crippen MR) is 47.8 cm³/mol. The smallest absolute Gasteiger partial charge is 0.180 e. The monoisotopic (exact) mass is 184 g/mol. The van der Waals surface area contributed by atoms with E-state index >= 15 is 0 Å². The minimum absolute atomic E-state index is 0.128. The molecule has 0 radical (unpaired) electrons. The lowest BCUT2D eigenvalue weighted by Gasteiger charge is -2.01. The normalized spacial score (nSPS) is 12.5. The van der Waals surface area contributed by atoms with Crippen molar-refractivity contribution in [2.24, 2.45) is 0 Å². The number of halogens is 1. The minimum Gasteiger partial charge on any atom is -0.508 e. The summed E-state index contributed by atoms with van der Waals surface area (Å²) in [6, 6.07) is 6.03. The highest BCUT2D eigenvalue weighted by molar-refractivity contribution is 6.33. The molecule has 1 aromatic carbocycles. The van der Waals surface area contributed by atoms with Crippen LogP contribution in [0.1, 0.15) is 17.3 Å². The van der Waals surface area contributed by atoms with Crippen LogP contribution in [0.3, 0.4) is 0 Å². The zero-order valence-electron chi connectivity index (χ0n) is 6.62. The molecule has 1 N–H and O–H groups in total. The third kappa shape index (κ3) is 1.98. The molecule has 0 aliphatic rings. The zero-order valence-corrected chi connectivity index (χ0v) is 7.38. The van der Waals surface area contributed by atoms with Crippen molar-refractivity contribution in [3.63, 3.8) is 0 Å². The maximum Gasteiger partial charge on any atom is 0.180 e. The van der Waals surface area contributed by atoms with Gasteiger partial charge in [-0.25, -0.2) is 0 Å². The first-order chi connectivity index (χ1) is 5.61. The molecule has 3 heteroatoms. The summed E-state index contributed by atoms with van der Waals surface area (Å²) in [6.45, 7) is 1.62. The molecule has 0 aliphatic heterocycles. The van der Waals surface area contributed by atoms with Crippen LogP contribution in [-0.4, -0.2) is 16.3 Å². The summed E-state index contributed by atoms with van der Waals surface area (Å²) in [5.41, 5.74) is 0.523. The molecule has 12 heavy (non-hydrogen) atoms. The van der Waals surface area contributed by atoms with Crippen LogP contribution in [0.4, 0.5) is 0 Å². The van der Waals surface area contributed by atoms with E-state index in [9.17, 15) is 4.79 Å². The third-order valence-electron chi connectivity index (χ3n) is 1.51. The summed E-state index contributed by atoms with van der Waals surface area (Å²) in [7, 11) is 0. The van der Waals surface area contributed by atoms with Gasteiger partial charge in [-0.1, -0.05) is 0 Å². The maximum atomic E-state index is 11.2. The van der Waals surface area contributed by atoms with Crippen LogP contribution >= 0.6 is 11.6 Å². The summed E-state index contributed by atoms with van der Waals surface area (Å²) < 4.78 is 0. The summed E-state index contributed by atoms with van der Waals surface area (Å²) in [5, 5.41) is 8.41. The van der Waals surface area contributed by atoms with Crippen LogP contribution < -0.4 is 0 Å². The van der Waals surface area contributed by atoms with Crippen LogP contribution in [0, 0.1) is 0 Å². The molecule has 1 aromatic rings. The predicted octanol–water partition coefficient (Wildman–Crippen LogP) is 2.20. The van der Waals surface area contributed by atoms with Crippen molar-refractivity contribution in [3.8, 4) is 5.75 Å². The van der Waals surface area contributed by atoms with Crippen LogP contribution in [0.25, 0.3) is 0 Å². The average molecular weight is 185 g/mol. The number of ketones is 1. The van der Waals surface area contributed by atoms with Gasteiger partial charge in [0.1, 0.15) is 5.75 Å². The lowest BCUT2D eigenvalue weighted by molar-refractivity contribution is 0.0992. The van der Waals surface area contributed by atoms with Gasteiger partial charge in [-0.15, -0.1) is 11.6 Å². The highest BCUT2D eigenvalue weighted by Gasteiger charge is 2.11. The topological polar surface area (TPSA) is 37.3 Å². The van der Waals surface area contributed by atoms with Gasteiger partial charge < -0.3 is 5.11 Å². The maximum absolute atomic E-state index is 11.2. The first-order valence-corrected chi connectivity index (χ1v) is 4.02. The lowest BCUT2D eigenvalue weighted by atomic mass is 10.1. The average Bonchev–Trinajstić information content (AvgIpc) is 2.04. The summed E-state index contributed by atoms with van der Waals surface area (Å²) in [6.07, 6.45) is 0. The number of hydrogen-bond acceptors (Lipinski definition) is 2. The first kappa shape index (κ1) is 9.07. The van der Waals surface area contributed by atoms with E-state index in [1.807, 2.05) is 0 Å². The Hall–Kier alpha value is -1.02. The molecule has 2 nitrogen and oxygen atoms in total. The Bertz CT molecular complexity index is 277. The molecule has 1 rings (SSSR count). The second-order valence-corrected chi connectivity index (χ2v) is 3.18. The number of carbonyl (C=O) groups excluding carboxylic acids is 1. The Kier molecular flexibility index (Phi) is 2.71. The van der Waals surface area contributed by atoms with Crippen molar-refractivity contribution in [2.45, 2.75) is 12.3 Å². The molecular formula is C9H9ClO2. The Morgan fingerprint density at radius 1 is 1.42 bits per heavy atom. The van der Waals surface area contributed by atoms with Gasteiger partial charge in [-0.2, -0.15) is 0 Å². The van der Waals surface area contributed by atoms with E-state index in [2.05, 4.69) is 0 Å². The molecule has 1 unspecified atom stereocenters. The molecule has 0 amide bonds. The number of rotatable bonds is 2. The van der Waals surface area contributed by atoms with Gasteiger partial charge in [0.15, 0.2) is 5.78 Å². The molecule has 0 fully saturated rings. The molecule has 1 atom stereocenters. The van der Waals surface area contributed by atoms with Crippen molar-refractivity contribution < 1.29 is 9.90 Å². The number of benzene rings is 1. The van der Waals surface area contributed by atoms with E-state index in [1.54, 1.807) is 19.1 Å². The van der Waals surface area contributed by atoms with E-state index in [1.165, 1.54) is 12.1 Å². The number of phenols is 1. The van der Waals surface area contributed by atoms with Crippen molar-refractivity contribution in [1.82, 2.24) is 0 Å². The fourth-order valence-electron chi connectivity index (χ4n) is 0.855. The second kappa shape index (κ2) is 3.59. The van der Waals surface area contributed by atoms with E-state index in [0.717, 1.165) is 0 Å². The number of carbonyl (C=O) groups is 1. The van der Waals surface area contributed by atoms with Gasteiger partial charge in [0.2, 0.25) is 0 Å². The van der Waals surface area contributed by atoms with Crippen molar-refractivity contribution in [2.75, 3.05) is 0 Å². The fraction of sp³-hybridized carbons (Fsp3) is 0.222. The van der Waals surface area contributed by atoms with Gasteiger partial charge in [-0.05, 0) is 31.2 Å². The second-order valence-electron chi connectivity index (χ2n) is 2.53. The van der Waals surface area contributed by atoms with Crippen LogP contribution in [0.2, 0.25) is 0 Å². The molecule has 0 spiro atoms. The van der Waals surface area contributed by atoms with Crippen molar-refractivity contribution in [3.05, 3.63) is 29.8 Å². The number of hydrogen-bond donors (Lipinski definition) is 1. The Morgan fingerprint density at radius 2 is 1.92 bits per heavy atom. The molecule has 0 saturated heterocycles. The highest BCUT2D eigenvalue weighted by atomic mass is 35.5. The van der Waals surface area contributed by atoms with Crippen LogP contribution in [0.5, 0.6) is 5.75 Å². The molecule has 0 aliphatic carbocycles. The van der Waals surface area contributed by atoms with Gasteiger partial charge in [0, 0.05) is 5.56 Å². The van der Waals surface area contributed by atoms with Crippen LogP contribution in [0.15, 0.2) is 24.3 Å². The Balaban J connectivity index is 2.90.